The molecule has 0 saturated carbocycles. The van der Waals surface area contributed by atoms with Crippen LogP contribution in [0.1, 0.15) is 48.6 Å². The number of carbonyl (C=O) groups is 1. The van der Waals surface area contributed by atoms with Crippen LogP contribution in [0.2, 0.25) is 0 Å². The van der Waals surface area contributed by atoms with Crippen LogP contribution in [0.3, 0.4) is 0 Å². The van der Waals surface area contributed by atoms with E-state index >= 15 is 0 Å². The van der Waals surface area contributed by atoms with Gasteiger partial charge >= 0.3 is 5.69 Å². The summed E-state index contributed by atoms with van der Waals surface area (Å²) in [4.78, 5) is 41.2. The van der Waals surface area contributed by atoms with Crippen molar-refractivity contribution in [2.24, 2.45) is 0 Å². The number of hydrogen-bond donors (Lipinski definition) is 1. The molecular weight excluding hydrogens is 380 g/mol. The summed E-state index contributed by atoms with van der Waals surface area (Å²) in [7, 11) is 0. The van der Waals surface area contributed by atoms with Crippen LogP contribution in [0.15, 0.2) is 47.7 Å². The fraction of sp³-hybridized carbons (Fsp3) is 0.455. The van der Waals surface area contributed by atoms with Crippen LogP contribution in [-0.4, -0.2) is 61.0 Å². The molecule has 0 spiro atoms. The number of nitrogens with one attached hydrogen (secondary N) is 1. The van der Waals surface area contributed by atoms with Crippen molar-refractivity contribution in [2.75, 3.05) is 19.6 Å². The lowest BCUT2D eigenvalue weighted by Crippen LogP contribution is -2.55. The number of nitrogens with zero attached hydrogens (tertiary/aromatic N) is 5. The first-order valence-electron chi connectivity index (χ1n) is 10.7. The molecule has 2 aliphatic rings. The predicted octanol–water partition coefficient (Wildman–Crippen LogP) is 2.41. The zero-order valence-electron chi connectivity index (χ0n) is 16.9. The van der Waals surface area contributed by atoms with Gasteiger partial charge in [-0.25, -0.2) is 9.78 Å². The van der Waals surface area contributed by atoms with Gasteiger partial charge in [0.25, 0.3) is 5.91 Å². The van der Waals surface area contributed by atoms with E-state index in [0.717, 1.165) is 62.8 Å². The summed E-state index contributed by atoms with van der Waals surface area (Å²) >= 11 is 0. The summed E-state index contributed by atoms with van der Waals surface area (Å²) in [6, 6.07) is 8.04. The largest absolute Gasteiger partial charge is 0.326 e. The third kappa shape index (κ3) is 3.41. The van der Waals surface area contributed by atoms with E-state index < -0.39 is 0 Å². The predicted molar refractivity (Wildman–Crippen MR) is 113 cm³/mol. The minimum absolute atomic E-state index is 0.0354. The Kier molecular flexibility index (Phi) is 5.08. The number of likely N-dealkylation sites (tertiary alicyclic amines) is 2. The Morgan fingerprint density at radius 3 is 2.67 bits per heavy atom. The number of benzene rings is 1. The molecule has 156 valence electrons. The Morgan fingerprint density at radius 2 is 1.87 bits per heavy atom. The minimum atomic E-state index is -0.0391. The molecule has 3 aromatic rings. The highest BCUT2D eigenvalue weighted by molar-refractivity contribution is 5.92. The molecular formula is C22H26N6O2. The molecule has 0 aliphatic carbocycles. The monoisotopic (exact) mass is 406 g/mol. The number of imidazole rings is 1. The molecule has 1 unspecified atom stereocenters. The topological polar surface area (TPSA) is 87.1 Å². The van der Waals surface area contributed by atoms with Crippen molar-refractivity contribution in [2.45, 2.75) is 44.3 Å². The first-order chi connectivity index (χ1) is 14.7. The van der Waals surface area contributed by atoms with Crippen LogP contribution in [0.5, 0.6) is 0 Å². The average molecular weight is 406 g/mol. The van der Waals surface area contributed by atoms with Crippen LogP contribution >= 0.6 is 0 Å². The highest BCUT2D eigenvalue weighted by Gasteiger charge is 2.35. The van der Waals surface area contributed by atoms with Gasteiger partial charge in [0.15, 0.2) is 0 Å². The summed E-state index contributed by atoms with van der Waals surface area (Å²) in [5.74, 6) is -0.0391. The van der Waals surface area contributed by atoms with E-state index in [9.17, 15) is 9.59 Å². The zero-order valence-corrected chi connectivity index (χ0v) is 16.9. The summed E-state index contributed by atoms with van der Waals surface area (Å²) in [5.41, 5.74) is 2.23. The second kappa shape index (κ2) is 8.02. The molecule has 8 nitrogen and oxygen atoms in total. The van der Waals surface area contributed by atoms with Gasteiger partial charge in [0, 0.05) is 38.1 Å². The Balaban J connectivity index is 1.32. The Morgan fingerprint density at radius 1 is 1.03 bits per heavy atom. The van der Waals surface area contributed by atoms with Crippen LogP contribution in [0.25, 0.3) is 11.0 Å². The van der Waals surface area contributed by atoms with Crippen molar-refractivity contribution in [3.63, 3.8) is 0 Å². The van der Waals surface area contributed by atoms with Crippen molar-refractivity contribution >= 4 is 16.9 Å². The van der Waals surface area contributed by atoms with Crippen molar-refractivity contribution in [1.82, 2.24) is 29.3 Å². The van der Waals surface area contributed by atoms with E-state index in [1.54, 1.807) is 18.6 Å². The maximum atomic E-state index is 13.0. The van der Waals surface area contributed by atoms with Crippen molar-refractivity contribution < 1.29 is 4.79 Å². The number of H-pyrrole nitrogens is 1. The molecule has 1 amide bonds. The lowest BCUT2D eigenvalue weighted by atomic mass is 10.00. The first kappa shape index (κ1) is 19.0. The molecule has 0 radical (unpaired) electrons. The molecule has 2 fully saturated rings. The van der Waals surface area contributed by atoms with Crippen LogP contribution in [0.4, 0.5) is 0 Å². The average Bonchev–Trinajstić information content (AvgIpc) is 3.15. The third-order valence-corrected chi connectivity index (χ3v) is 6.42. The van der Waals surface area contributed by atoms with Crippen LogP contribution in [-0.2, 0) is 0 Å². The molecule has 1 N–H and O–H groups in total. The molecule has 1 aromatic carbocycles. The molecule has 30 heavy (non-hydrogen) atoms. The number of piperidine rings is 2. The maximum absolute atomic E-state index is 13.0. The van der Waals surface area contributed by atoms with Gasteiger partial charge in [-0.05, 0) is 44.2 Å². The fourth-order valence-corrected chi connectivity index (χ4v) is 4.97. The molecule has 4 heterocycles. The number of aromatic amines is 1. The molecule has 0 bridgehead atoms. The normalized spacial score (nSPS) is 21.2. The highest BCUT2D eigenvalue weighted by atomic mass is 16.2. The molecule has 8 heteroatoms. The second-order valence-electron chi connectivity index (χ2n) is 8.15. The highest BCUT2D eigenvalue weighted by Crippen LogP contribution is 2.29. The number of aromatic nitrogens is 4. The van der Waals surface area contributed by atoms with Gasteiger partial charge < -0.3 is 9.88 Å². The van der Waals surface area contributed by atoms with E-state index in [1.165, 1.54) is 0 Å². The Bertz CT molecular complexity index is 1080. The third-order valence-electron chi connectivity index (χ3n) is 6.42. The SMILES string of the molecule is O=C(c1cnccn1)N1CCCCC1N1CCC(n2c(=O)[nH]c3ccccc32)CC1. The summed E-state index contributed by atoms with van der Waals surface area (Å²) in [6.45, 7) is 2.49. The van der Waals surface area contributed by atoms with Gasteiger partial charge in [0.05, 0.1) is 23.4 Å². The Hall–Kier alpha value is -3.00. The minimum Gasteiger partial charge on any atom is -0.322 e. The lowest BCUT2D eigenvalue weighted by molar-refractivity contribution is 0.000815. The number of rotatable bonds is 3. The first-order valence-corrected chi connectivity index (χ1v) is 10.7. The molecule has 5 rings (SSSR count). The lowest BCUT2D eigenvalue weighted by Gasteiger charge is -2.45. The number of carbonyl (C=O) groups excluding carboxylic acids is 1. The van der Waals surface area contributed by atoms with Gasteiger partial charge in [-0.3, -0.25) is 19.2 Å². The second-order valence-corrected chi connectivity index (χ2v) is 8.15. The van der Waals surface area contributed by atoms with E-state index in [1.807, 2.05) is 33.7 Å². The van der Waals surface area contributed by atoms with Gasteiger partial charge in [-0.15, -0.1) is 0 Å². The summed E-state index contributed by atoms with van der Waals surface area (Å²) < 4.78 is 1.91. The van der Waals surface area contributed by atoms with E-state index in [0.29, 0.717) is 5.69 Å². The number of amides is 1. The van der Waals surface area contributed by atoms with Crippen LogP contribution in [0, 0.1) is 0 Å². The maximum Gasteiger partial charge on any atom is 0.326 e. The van der Waals surface area contributed by atoms with Crippen LogP contribution < -0.4 is 5.69 Å². The van der Waals surface area contributed by atoms with E-state index in [4.69, 9.17) is 0 Å². The molecule has 1 atom stereocenters. The van der Waals surface area contributed by atoms with Gasteiger partial charge in [0.1, 0.15) is 5.69 Å². The molecule has 2 aliphatic heterocycles. The van der Waals surface area contributed by atoms with Gasteiger partial charge in [-0.2, -0.15) is 0 Å². The summed E-state index contributed by atoms with van der Waals surface area (Å²) in [5, 5.41) is 0. The molecule has 2 saturated heterocycles. The number of para-hydroxylation sites is 2. The fourth-order valence-electron chi connectivity index (χ4n) is 4.97. The van der Waals surface area contributed by atoms with Crippen molar-refractivity contribution in [3.05, 3.63) is 59.0 Å². The van der Waals surface area contributed by atoms with Gasteiger partial charge in [0.2, 0.25) is 0 Å². The quantitative estimate of drug-likeness (QED) is 0.722. The number of hydrogen-bond acceptors (Lipinski definition) is 5. The van der Waals surface area contributed by atoms with Gasteiger partial charge in [-0.1, -0.05) is 12.1 Å². The van der Waals surface area contributed by atoms with E-state index in [-0.39, 0.29) is 23.8 Å². The molecule has 2 aromatic heterocycles. The smallest absolute Gasteiger partial charge is 0.322 e. The van der Waals surface area contributed by atoms with Crippen molar-refractivity contribution in [3.8, 4) is 0 Å². The Labute approximate surface area is 174 Å². The van der Waals surface area contributed by atoms with Crippen molar-refractivity contribution in [1.29, 1.82) is 0 Å². The standard InChI is InChI=1S/C22H26N6O2/c29-21(18-15-23-10-11-24-18)27-12-4-3-7-20(27)26-13-8-16(9-14-26)28-19-6-2-1-5-17(19)25-22(28)30/h1-2,5-6,10-11,15-16,20H,3-4,7-9,12-14H2,(H,25,30). The number of fused-ring (bicyclic) bond motifs is 1. The van der Waals surface area contributed by atoms with E-state index in [2.05, 4.69) is 19.9 Å². The summed E-state index contributed by atoms with van der Waals surface area (Å²) in [6.07, 6.45) is 9.69. The zero-order chi connectivity index (χ0) is 20.5.